The van der Waals surface area contributed by atoms with Gasteiger partial charge in [0.05, 0.1) is 5.41 Å². The highest BCUT2D eigenvalue weighted by atomic mass is 19.3. The van der Waals surface area contributed by atoms with Crippen LogP contribution in [-0.4, -0.2) is 30.3 Å². The van der Waals surface area contributed by atoms with E-state index in [1.807, 2.05) is 6.92 Å². The van der Waals surface area contributed by atoms with Crippen molar-refractivity contribution in [2.24, 2.45) is 16.7 Å². The van der Waals surface area contributed by atoms with Crippen LogP contribution in [0.2, 0.25) is 0 Å². The fraction of sp³-hybridized carbons (Fsp3) is 0.917. The predicted octanol–water partition coefficient (Wildman–Crippen LogP) is 2.29. The van der Waals surface area contributed by atoms with E-state index in [-0.39, 0.29) is 23.2 Å². The van der Waals surface area contributed by atoms with Gasteiger partial charge >= 0.3 is 0 Å². The second-order valence-corrected chi connectivity index (χ2v) is 6.33. The normalized spacial score (nSPS) is 38.8. The van der Waals surface area contributed by atoms with Crippen molar-refractivity contribution in [2.75, 3.05) is 13.1 Å². The van der Waals surface area contributed by atoms with E-state index in [9.17, 15) is 13.6 Å². The summed E-state index contributed by atoms with van der Waals surface area (Å²) < 4.78 is 24.6. The number of alkyl halides is 2. The van der Waals surface area contributed by atoms with Gasteiger partial charge in [-0.3, -0.25) is 4.79 Å². The number of carbonyl (C=O) groups is 1. The first-order valence-corrected chi connectivity index (χ1v) is 6.00. The van der Waals surface area contributed by atoms with Gasteiger partial charge in [0.25, 0.3) is 0 Å². The molecule has 0 aromatic rings. The highest BCUT2D eigenvalue weighted by molar-refractivity contribution is 5.86. The average Bonchev–Trinajstić information content (AvgIpc) is 1.91. The molecule has 1 aliphatic heterocycles. The van der Waals surface area contributed by atoms with Crippen molar-refractivity contribution in [1.29, 1.82) is 0 Å². The minimum atomic E-state index is -2.25. The van der Waals surface area contributed by atoms with Gasteiger partial charge in [-0.05, 0) is 25.2 Å². The minimum absolute atomic E-state index is 0.0448. The summed E-state index contributed by atoms with van der Waals surface area (Å²) in [4.78, 5) is 13.9. The molecule has 3 aliphatic carbocycles. The Morgan fingerprint density at radius 1 is 1.38 bits per heavy atom. The topological polar surface area (TPSA) is 20.3 Å². The van der Waals surface area contributed by atoms with Crippen molar-refractivity contribution in [3.8, 4) is 0 Å². The second-order valence-electron chi connectivity index (χ2n) is 6.33. The van der Waals surface area contributed by atoms with Crippen molar-refractivity contribution < 1.29 is 13.6 Å². The molecule has 16 heavy (non-hydrogen) atoms. The summed E-state index contributed by atoms with van der Waals surface area (Å²) in [7, 11) is 0. The molecule has 4 fully saturated rings. The Balaban J connectivity index is 1.54. The number of nitrogens with zero attached hydrogens (tertiary/aromatic N) is 1. The zero-order chi connectivity index (χ0) is 11.6. The number of carbonyl (C=O) groups excluding carboxylic acids is 1. The van der Waals surface area contributed by atoms with Crippen LogP contribution >= 0.6 is 0 Å². The molecule has 0 aromatic heterocycles. The van der Waals surface area contributed by atoms with E-state index in [0.717, 1.165) is 25.2 Å². The Hall–Kier alpha value is -0.670. The lowest BCUT2D eigenvalue weighted by atomic mass is 9.43. The summed E-state index contributed by atoms with van der Waals surface area (Å²) in [6.45, 7) is 2.91. The van der Waals surface area contributed by atoms with Crippen LogP contribution < -0.4 is 0 Å². The summed E-state index contributed by atoms with van der Waals surface area (Å²) in [5, 5.41) is 0. The standard InChI is InChI=1S/C12H17F2NO/c1-11(5-9(13)14)6-15(7-11)10(16)12-2-8(3-12)4-12/h8-9H,2-7H2,1H3. The molecule has 2 nitrogen and oxygen atoms in total. The maximum atomic E-state index is 12.3. The molecule has 0 unspecified atom stereocenters. The van der Waals surface area contributed by atoms with E-state index >= 15 is 0 Å². The van der Waals surface area contributed by atoms with Gasteiger partial charge in [-0.2, -0.15) is 0 Å². The third-order valence-electron chi connectivity index (χ3n) is 4.57. The van der Waals surface area contributed by atoms with E-state index in [1.54, 1.807) is 4.90 Å². The fourth-order valence-corrected chi connectivity index (χ4v) is 3.60. The number of hydrogen-bond donors (Lipinski definition) is 0. The van der Waals surface area contributed by atoms with Crippen molar-refractivity contribution >= 4 is 5.91 Å². The van der Waals surface area contributed by atoms with Gasteiger partial charge in [0.2, 0.25) is 12.3 Å². The number of likely N-dealkylation sites (tertiary alicyclic amines) is 1. The molecule has 0 radical (unpaired) electrons. The predicted molar refractivity (Wildman–Crippen MR) is 55.1 cm³/mol. The Bertz CT molecular complexity index is 319. The molecule has 1 saturated heterocycles. The zero-order valence-electron chi connectivity index (χ0n) is 9.51. The summed E-state index contributed by atoms with van der Waals surface area (Å²) in [5.41, 5.74) is -0.385. The van der Waals surface area contributed by atoms with E-state index in [0.29, 0.717) is 13.1 Å². The number of hydrogen-bond acceptors (Lipinski definition) is 1. The van der Waals surface area contributed by atoms with Gasteiger partial charge in [-0.15, -0.1) is 0 Å². The van der Waals surface area contributed by atoms with E-state index in [1.165, 1.54) is 0 Å². The number of halogens is 2. The molecular weight excluding hydrogens is 212 g/mol. The summed E-state index contributed by atoms with van der Waals surface area (Å²) in [6.07, 6.45) is 0.819. The Labute approximate surface area is 94.0 Å². The van der Waals surface area contributed by atoms with E-state index < -0.39 is 6.43 Å². The fourth-order valence-electron chi connectivity index (χ4n) is 3.60. The molecule has 0 atom stereocenters. The van der Waals surface area contributed by atoms with Crippen molar-refractivity contribution in [2.45, 2.75) is 39.0 Å². The molecule has 0 N–H and O–H groups in total. The van der Waals surface area contributed by atoms with Crippen LogP contribution in [0.4, 0.5) is 8.78 Å². The molecule has 0 spiro atoms. The lowest BCUT2D eigenvalue weighted by Crippen LogP contribution is -2.67. The monoisotopic (exact) mass is 229 g/mol. The van der Waals surface area contributed by atoms with Crippen LogP contribution in [0.5, 0.6) is 0 Å². The van der Waals surface area contributed by atoms with E-state index in [2.05, 4.69) is 0 Å². The van der Waals surface area contributed by atoms with Gasteiger partial charge in [0, 0.05) is 24.9 Å². The molecule has 90 valence electrons. The second kappa shape index (κ2) is 2.96. The van der Waals surface area contributed by atoms with E-state index in [4.69, 9.17) is 0 Å². The van der Waals surface area contributed by atoms with Gasteiger partial charge in [0.1, 0.15) is 0 Å². The summed E-state index contributed by atoms with van der Waals surface area (Å²) in [5.74, 6) is 1.03. The molecule has 4 aliphatic rings. The minimum Gasteiger partial charge on any atom is -0.341 e. The maximum Gasteiger partial charge on any atom is 0.239 e. The SMILES string of the molecule is CC1(CC(F)F)CN(C(=O)C23CC(C2)C3)C1. The smallest absolute Gasteiger partial charge is 0.239 e. The largest absolute Gasteiger partial charge is 0.341 e. The summed E-state index contributed by atoms with van der Waals surface area (Å²) in [6, 6.07) is 0. The number of rotatable bonds is 3. The molecule has 4 rings (SSSR count). The molecular formula is C12H17F2NO. The molecule has 0 aromatic carbocycles. The van der Waals surface area contributed by atoms with Crippen LogP contribution in [-0.2, 0) is 4.79 Å². The van der Waals surface area contributed by atoms with Gasteiger partial charge in [0.15, 0.2) is 0 Å². The lowest BCUT2D eigenvalue weighted by Gasteiger charge is -2.63. The first-order chi connectivity index (χ1) is 7.42. The Morgan fingerprint density at radius 2 is 1.94 bits per heavy atom. The molecule has 4 heteroatoms. The highest BCUT2D eigenvalue weighted by Gasteiger charge is 2.63. The van der Waals surface area contributed by atoms with Crippen LogP contribution in [0.25, 0.3) is 0 Å². The molecule has 2 bridgehead atoms. The van der Waals surface area contributed by atoms with Gasteiger partial charge in [-0.25, -0.2) is 8.78 Å². The quantitative estimate of drug-likeness (QED) is 0.727. The first kappa shape index (κ1) is 10.5. The zero-order valence-corrected chi connectivity index (χ0v) is 9.51. The van der Waals surface area contributed by atoms with Crippen LogP contribution in [0, 0.1) is 16.7 Å². The van der Waals surface area contributed by atoms with Crippen LogP contribution in [0.3, 0.4) is 0 Å². The molecule has 1 amide bonds. The maximum absolute atomic E-state index is 12.3. The van der Waals surface area contributed by atoms with Crippen molar-refractivity contribution in [3.05, 3.63) is 0 Å². The average molecular weight is 229 g/mol. The van der Waals surface area contributed by atoms with Crippen LogP contribution in [0.15, 0.2) is 0 Å². The first-order valence-electron chi connectivity index (χ1n) is 6.00. The van der Waals surface area contributed by atoms with Gasteiger partial charge in [-0.1, -0.05) is 6.92 Å². The third-order valence-corrected chi connectivity index (χ3v) is 4.57. The molecule has 1 heterocycles. The molecule has 3 saturated carbocycles. The van der Waals surface area contributed by atoms with Crippen LogP contribution in [0.1, 0.15) is 32.6 Å². The Kier molecular flexibility index (Phi) is 1.94. The third kappa shape index (κ3) is 1.31. The highest BCUT2D eigenvalue weighted by Crippen LogP contribution is 2.65. The van der Waals surface area contributed by atoms with Crippen molar-refractivity contribution in [1.82, 2.24) is 4.90 Å². The Morgan fingerprint density at radius 3 is 2.31 bits per heavy atom. The summed E-state index contributed by atoms with van der Waals surface area (Å²) >= 11 is 0. The van der Waals surface area contributed by atoms with Crippen molar-refractivity contribution in [3.63, 3.8) is 0 Å². The van der Waals surface area contributed by atoms with Gasteiger partial charge < -0.3 is 4.90 Å². The number of amides is 1. The lowest BCUT2D eigenvalue weighted by molar-refractivity contribution is -0.189.